The van der Waals surface area contributed by atoms with E-state index in [9.17, 15) is 9.18 Å². The molecule has 0 unspecified atom stereocenters. The number of likely N-dealkylation sites (tertiary alicyclic amines) is 1. The topological polar surface area (TPSA) is 41.6 Å². The third kappa shape index (κ3) is 5.01. The fraction of sp³-hybridized carbons (Fsp3) is 0.562. The van der Waals surface area contributed by atoms with Crippen LogP contribution in [0.4, 0.5) is 9.18 Å². The molecule has 1 heterocycles. The number of nitrogens with one attached hydrogen (secondary N) is 1. The number of amides is 1. The Morgan fingerprint density at radius 3 is 2.86 bits per heavy atom. The monoisotopic (exact) mass is 294 g/mol. The summed E-state index contributed by atoms with van der Waals surface area (Å²) in [5.74, 6) is -0.185. The van der Waals surface area contributed by atoms with E-state index in [1.54, 1.807) is 17.0 Å². The van der Waals surface area contributed by atoms with E-state index >= 15 is 0 Å². The quantitative estimate of drug-likeness (QED) is 0.907. The Labute approximate surface area is 125 Å². The maximum Gasteiger partial charge on any atom is 0.409 e. The van der Waals surface area contributed by atoms with Gasteiger partial charge in [0.1, 0.15) is 5.82 Å². The first-order valence-electron chi connectivity index (χ1n) is 7.58. The Hall–Kier alpha value is -1.62. The van der Waals surface area contributed by atoms with Crippen LogP contribution in [0, 0.1) is 5.82 Å². The molecule has 1 aromatic rings. The highest BCUT2D eigenvalue weighted by Crippen LogP contribution is 2.12. The predicted molar refractivity (Wildman–Crippen MR) is 79.7 cm³/mol. The molecule has 0 saturated carbocycles. The highest BCUT2D eigenvalue weighted by Gasteiger charge is 2.22. The normalized spacial score (nSPS) is 16.0. The number of benzene rings is 1. The van der Waals surface area contributed by atoms with Gasteiger partial charge in [-0.2, -0.15) is 0 Å². The van der Waals surface area contributed by atoms with Gasteiger partial charge in [0.2, 0.25) is 0 Å². The summed E-state index contributed by atoms with van der Waals surface area (Å²) >= 11 is 0. The summed E-state index contributed by atoms with van der Waals surface area (Å²) in [4.78, 5) is 13.3. The zero-order chi connectivity index (χ0) is 15.1. The van der Waals surface area contributed by atoms with Gasteiger partial charge in [-0.1, -0.05) is 12.1 Å². The van der Waals surface area contributed by atoms with Gasteiger partial charge in [-0.3, -0.25) is 0 Å². The highest BCUT2D eigenvalue weighted by atomic mass is 19.1. The maximum absolute atomic E-state index is 13.1. The van der Waals surface area contributed by atoms with E-state index in [-0.39, 0.29) is 11.9 Å². The van der Waals surface area contributed by atoms with Crippen molar-refractivity contribution in [3.8, 4) is 0 Å². The van der Waals surface area contributed by atoms with Gasteiger partial charge < -0.3 is 15.0 Å². The van der Waals surface area contributed by atoms with Gasteiger partial charge >= 0.3 is 6.09 Å². The Kier molecular flexibility index (Phi) is 5.99. The number of carbonyl (C=O) groups excluding carboxylic acids is 1. The first-order valence-corrected chi connectivity index (χ1v) is 7.58. The standard InChI is InChI=1S/C16H23FN2O2/c1-2-21-16(20)19-10-7-15(8-11-19)18-9-6-13-4-3-5-14(17)12-13/h3-5,12,15,18H,2,6-11H2,1H3. The van der Waals surface area contributed by atoms with Gasteiger partial charge in [0.15, 0.2) is 0 Å². The number of carbonyl (C=O) groups is 1. The molecule has 1 N–H and O–H groups in total. The van der Waals surface area contributed by atoms with E-state index in [4.69, 9.17) is 4.74 Å². The van der Waals surface area contributed by atoms with E-state index in [2.05, 4.69) is 5.32 Å². The number of ether oxygens (including phenoxy) is 1. The lowest BCUT2D eigenvalue weighted by Gasteiger charge is -2.31. The smallest absolute Gasteiger partial charge is 0.409 e. The van der Waals surface area contributed by atoms with Gasteiger partial charge in [0.25, 0.3) is 0 Å². The molecule has 21 heavy (non-hydrogen) atoms. The summed E-state index contributed by atoms with van der Waals surface area (Å²) < 4.78 is 18.1. The molecule has 1 aliphatic heterocycles. The summed E-state index contributed by atoms with van der Waals surface area (Å²) in [6.07, 6.45) is 2.47. The number of halogens is 1. The van der Waals surface area contributed by atoms with Crippen molar-refractivity contribution < 1.29 is 13.9 Å². The zero-order valence-corrected chi connectivity index (χ0v) is 12.5. The second-order valence-electron chi connectivity index (χ2n) is 5.29. The van der Waals surface area contributed by atoms with Gasteiger partial charge in [-0.15, -0.1) is 0 Å². The SMILES string of the molecule is CCOC(=O)N1CCC(NCCc2cccc(F)c2)CC1. The number of rotatable bonds is 5. The lowest BCUT2D eigenvalue weighted by atomic mass is 10.0. The molecule has 116 valence electrons. The molecular formula is C16H23FN2O2. The van der Waals surface area contributed by atoms with Crippen LogP contribution in [-0.2, 0) is 11.2 Å². The first-order chi connectivity index (χ1) is 10.2. The predicted octanol–water partition coefficient (Wildman–Crippen LogP) is 2.58. The van der Waals surface area contributed by atoms with E-state index in [1.807, 2.05) is 13.0 Å². The highest BCUT2D eigenvalue weighted by molar-refractivity contribution is 5.67. The van der Waals surface area contributed by atoms with Crippen LogP contribution in [0.25, 0.3) is 0 Å². The Morgan fingerprint density at radius 1 is 1.43 bits per heavy atom. The molecule has 5 heteroatoms. The molecule has 4 nitrogen and oxygen atoms in total. The van der Waals surface area contributed by atoms with Crippen LogP contribution in [0.5, 0.6) is 0 Å². The largest absolute Gasteiger partial charge is 0.450 e. The third-order valence-electron chi connectivity index (χ3n) is 3.76. The molecule has 0 atom stereocenters. The van der Waals surface area contributed by atoms with E-state index < -0.39 is 0 Å². The van der Waals surface area contributed by atoms with Crippen molar-refractivity contribution in [2.24, 2.45) is 0 Å². The molecule has 1 amide bonds. The number of nitrogens with zero attached hydrogens (tertiary/aromatic N) is 1. The van der Waals surface area contributed by atoms with Crippen molar-refractivity contribution >= 4 is 6.09 Å². The average Bonchev–Trinajstić information content (AvgIpc) is 2.48. The molecule has 0 aliphatic carbocycles. The van der Waals surface area contributed by atoms with Gasteiger partial charge in [0.05, 0.1) is 6.61 Å². The van der Waals surface area contributed by atoms with E-state index in [1.165, 1.54) is 6.07 Å². The van der Waals surface area contributed by atoms with Crippen molar-refractivity contribution in [1.29, 1.82) is 0 Å². The second kappa shape index (κ2) is 7.98. The zero-order valence-electron chi connectivity index (χ0n) is 12.5. The van der Waals surface area contributed by atoms with Crippen molar-refractivity contribution in [3.63, 3.8) is 0 Å². The molecule has 0 aromatic heterocycles. The molecule has 2 rings (SSSR count). The minimum atomic E-state index is -0.212. The van der Waals surface area contributed by atoms with Gasteiger partial charge in [-0.05, 0) is 50.4 Å². The minimum absolute atomic E-state index is 0.185. The fourth-order valence-corrected chi connectivity index (χ4v) is 2.59. The third-order valence-corrected chi connectivity index (χ3v) is 3.76. The summed E-state index contributed by atoms with van der Waals surface area (Å²) in [6, 6.07) is 7.13. The summed E-state index contributed by atoms with van der Waals surface area (Å²) in [5.41, 5.74) is 1.01. The van der Waals surface area contributed by atoms with Crippen LogP contribution >= 0.6 is 0 Å². The lowest BCUT2D eigenvalue weighted by molar-refractivity contribution is 0.0952. The minimum Gasteiger partial charge on any atom is -0.450 e. The maximum atomic E-state index is 13.1. The molecule has 1 fully saturated rings. The van der Waals surface area contributed by atoms with Crippen molar-refractivity contribution in [1.82, 2.24) is 10.2 Å². The molecule has 0 radical (unpaired) electrons. The Bertz CT molecular complexity index is 459. The van der Waals surface area contributed by atoms with Crippen LogP contribution < -0.4 is 5.32 Å². The summed E-state index contributed by atoms with van der Waals surface area (Å²) in [7, 11) is 0. The van der Waals surface area contributed by atoms with Crippen LogP contribution in [0.15, 0.2) is 24.3 Å². The van der Waals surface area contributed by atoms with Crippen LogP contribution in [0.2, 0.25) is 0 Å². The second-order valence-corrected chi connectivity index (χ2v) is 5.29. The van der Waals surface area contributed by atoms with Crippen molar-refractivity contribution in [2.75, 3.05) is 26.2 Å². The molecule has 0 bridgehead atoms. The lowest BCUT2D eigenvalue weighted by Crippen LogP contribution is -2.45. The number of piperidine rings is 1. The van der Waals surface area contributed by atoms with Crippen LogP contribution in [0.1, 0.15) is 25.3 Å². The molecule has 1 aromatic carbocycles. The summed E-state index contributed by atoms with van der Waals surface area (Å²) in [5, 5.41) is 3.48. The number of hydrogen-bond donors (Lipinski definition) is 1. The van der Waals surface area contributed by atoms with E-state index in [0.717, 1.165) is 44.5 Å². The number of hydrogen-bond acceptors (Lipinski definition) is 3. The van der Waals surface area contributed by atoms with Crippen LogP contribution in [0.3, 0.4) is 0 Å². The average molecular weight is 294 g/mol. The van der Waals surface area contributed by atoms with Gasteiger partial charge in [0, 0.05) is 19.1 Å². The van der Waals surface area contributed by atoms with E-state index in [0.29, 0.717) is 12.6 Å². The molecule has 0 spiro atoms. The molecule has 1 aliphatic rings. The van der Waals surface area contributed by atoms with Crippen molar-refractivity contribution in [3.05, 3.63) is 35.6 Å². The summed E-state index contributed by atoms with van der Waals surface area (Å²) in [6.45, 7) is 4.53. The Morgan fingerprint density at radius 2 is 2.19 bits per heavy atom. The van der Waals surface area contributed by atoms with Crippen LogP contribution in [-0.4, -0.2) is 43.3 Å². The fourth-order valence-electron chi connectivity index (χ4n) is 2.59. The van der Waals surface area contributed by atoms with Crippen molar-refractivity contribution in [2.45, 2.75) is 32.2 Å². The Balaban J connectivity index is 1.66. The molecule has 1 saturated heterocycles. The molecular weight excluding hydrogens is 271 g/mol. The van der Waals surface area contributed by atoms with Gasteiger partial charge in [-0.25, -0.2) is 9.18 Å². The first kappa shape index (κ1) is 15.8.